The predicted octanol–water partition coefficient (Wildman–Crippen LogP) is 3.26. The van der Waals surface area contributed by atoms with Crippen LogP contribution in [-0.4, -0.2) is 14.2 Å². The van der Waals surface area contributed by atoms with Crippen molar-refractivity contribution in [2.24, 2.45) is 11.8 Å². The first kappa shape index (κ1) is 16.3. The Hall–Kier alpha value is -1.09. The number of hydrogen-bond acceptors (Lipinski definition) is 3. The van der Waals surface area contributed by atoms with Gasteiger partial charge in [0.25, 0.3) is 0 Å². The number of rotatable bonds is 7. The summed E-state index contributed by atoms with van der Waals surface area (Å²) in [5.74, 6) is 0.843. The molecular formula is C15H19ClN2O2S. The first-order valence-electron chi connectivity index (χ1n) is 7.05. The summed E-state index contributed by atoms with van der Waals surface area (Å²) in [4.78, 5) is 0. The van der Waals surface area contributed by atoms with Gasteiger partial charge in [-0.15, -0.1) is 0 Å². The fourth-order valence-electron chi connectivity index (χ4n) is 2.48. The monoisotopic (exact) mass is 326 g/mol. The van der Waals surface area contributed by atoms with Crippen molar-refractivity contribution in [3.05, 3.63) is 34.9 Å². The molecule has 0 saturated heterocycles. The highest BCUT2D eigenvalue weighted by Crippen LogP contribution is 2.47. The maximum atomic E-state index is 12.1. The molecule has 0 heterocycles. The summed E-state index contributed by atoms with van der Waals surface area (Å²) in [5, 5.41) is 9.14. The molecule has 114 valence electrons. The number of nitriles is 1. The Balaban J connectivity index is 2.11. The molecule has 1 aromatic rings. The summed E-state index contributed by atoms with van der Waals surface area (Å²) in [6.07, 6.45) is 1.64. The predicted molar refractivity (Wildman–Crippen MR) is 83.2 cm³/mol. The molecule has 1 aliphatic carbocycles. The molecule has 1 aromatic carbocycles. The van der Waals surface area contributed by atoms with Gasteiger partial charge in [0.15, 0.2) is 0 Å². The number of unbranched alkanes of at least 4 members (excludes halogenated alkanes) is 1. The highest BCUT2D eigenvalue weighted by Gasteiger charge is 2.41. The SMILES string of the molecule is C[C@@H]1C[C@@H]1[C@H](NS(=O)(=O)CCCC#N)c1ccc(Cl)cc1. The lowest BCUT2D eigenvalue weighted by Gasteiger charge is -2.19. The summed E-state index contributed by atoms with van der Waals surface area (Å²) in [5.41, 5.74) is 0.942. The topological polar surface area (TPSA) is 70.0 Å². The van der Waals surface area contributed by atoms with Gasteiger partial charge in [-0.2, -0.15) is 5.26 Å². The van der Waals surface area contributed by atoms with Crippen LogP contribution < -0.4 is 4.72 Å². The Morgan fingerprint density at radius 1 is 1.43 bits per heavy atom. The normalized spacial score (nSPS) is 22.5. The van der Waals surface area contributed by atoms with E-state index in [-0.39, 0.29) is 18.2 Å². The van der Waals surface area contributed by atoms with Gasteiger partial charge in [0.1, 0.15) is 0 Å². The average Bonchev–Trinajstić information content (AvgIpc) is 3.14. The van der Waals surface area contributed by atoms with E-state index in [2.05, 4.69) is 11.6 Å². The molecule has 0 unspecified atom stereocenters. The van der Waals surface area contributed by atoms with Crippen LogP contribution in [0.2, 0.25) is 5.02 Å². The van der Waals surface area contributed by atoms with Crippen molar-refractivity contribution in [1.82, 2.24) is 4.72 Å². The molecule has 0 aliphatic heterocycles. The van der Waals surface area contributed by atoms with E-state index < -0.39 is 10.0 Å². The van der Waals surface area contributed by atoms with Crippen molar-refractivity contribution in [2.75, 3.05) is 5.75 Å². The standard InChI is InChI=1S/C15H19ClN2O2S/c1-11-10-14(11)15(12-4-6-13(16)7-5-12)18-21(19,20)9-3-2-8-17/h4-7,11,14-15,18H,2-3,9-10H2,1H3/t11-,14+,15-/m1/s1. The van der Waals surface area contributed by atoms with Gasteiger partial charge in [0.05, 0.1) is 11.8 Å². The Kier molecular flexibility index (Phi) is 5.26. The summed E-state index contributed by atoms with van der Waals surface area (Å²) >= 11 is 5.89. The van der Waals surface area contributed by atoms with E-state index in [1.54, 1.807) is 12.1 Å². The van der Waals surface area contributed by atoms with Crippen molar-refractivity contribution in [1.29, 1.82) is 5.26 Å². The molecule has 6 heteroatoms. The van der Waals surface area contributed by atoms with Gasteiger partial charge in [-0.1, -0.05) is 30.7 Å². The van der Waals surface area contributed by atoms with Gasteiger partial charge in [0, 0.05) is 17.5 Å². The Morgan fingerprint density at radius 3 is 2.57 bits per heavy atom. The van der Waals surface area contributed by atoms with Crippen LogP contribution in [0.15, 0.2) is 24.3 Å². The molecule has 1 aliphatic rings. The van der Waals surface area contributed by atoms with Gasteiger partial charge in [-0.3, -0.25) is 0 Å². The first-order valence-corrected chi connectivity index (χ1v) is 9.08. The average molecular weight is 327 g/mol. The largest absolute Gasteiger partial charge is 0.212 e. The molecule has 4 nitrogen and oxygen atoms in total. The molecule has 21 heavy (non-hydrogen) atoms. The van der Waals surface area contributed by atoms with Crippen LogP contribution in [0.5, 0.6) is 0 Å². The lowest BCUT2D eigenvalue weighted by atomic mass is 10.0. The maximum Gasteiger partial charge on any atom is 0.212 e. The van der Waals surface area contributed by atoms with Gasteiger partial charge in [0.2, 0.25) is 10.0 Å². The number of hydrogen-bond donors (Lipinski definition) is 1. The third-order valence-corrected chi connectivity index (χ3v) is 5.53. The van der Waals surface area contributed by atoms with Crippen LogP contribution in [0.25, 0.3) is 0 Å². The Bertz CT molecular complexity index is 622. The molecule has 0 bridgehead atoms. The molecule has 3 atom stereocenters. The first-order chi connectivity index (χ1) is 9.93. The van der Waals surface area contributed by atoms with E-state index in [0.717, 1.165) is 12.0 Å². The smallest absolute Gasteiger partial charge is 0.212 e. The van der Waals surface area contributed by atoms with E-state index in [1.165, 1.54) is 0 Å². The second-order valence-electron chi connectivity index (χ2n) is 5.60. The molecule has 1 fully saturated rings. The van der Waals surface area contributed by atoms with Crippen molar-refractivity contribution >= 4 is 21.6 Å². The summed E-state index contributed by atoms with van der Waals surface area (Å²) in [6.45, 7) is 2.12. The van der Waals surface area contributed by atoms with E-state index in [4.69, 9.17) is 16.9 Å². The molecular weight excluding hydrogens is 308 g/mol. The number of halogens is 1. The lowest BCUT2D eigenvalue weighted by molar-refractivity contribution is 0.512. The Morgan fingerprint density at radius 2 is 2.05 bits per heavy atom. The van der Waals surface area contributed by atoms with Gasteiger partial charge >= 0.3 is 0 Å². The minimum absolute atomic E-state index is 0.00818. The fourth-order valence-corrected chi connectivity index (χ4v) is 3.95. The second kappa shape index (κ2) is 6.78. The molecule has 1 saturated carbocycles. The zero-order valence-corrected chi connectivity index (χ0v) is 13.5. The third-order valence-electron chi connectivity index (χ3n) is 3.84. The second-order valence-corrected chi connectivity index (χ2v) is 7.91. The van der Waals surface area contributed by atoms with Crippen molar-refractivity contribution in [3.8, 4) is 6.07 Å². The Labute approximate surface area is 131 Å². The van der Waals surface area contributed by atoms with Gasteiger partial charge in [-0.05, 0) is 42.4 Å². The minimum atomic E-state index is -3.37. The number of sulfonamides is 1. The molecule has 2 rings (SSSR count). The minimum Gasteiger partial charge on any atom is -0.212 e. The van der Waals surface area contributed by atoms with Crippen molar-refractivity contribution in [2.45, 2.75) is 32.2 Å². The maximum absolute atomic E-state index is 12.1. The molecule has 0 spiro atoms. The highest BCUT2D eigenvalue weighted by molar-refractivity contribution is 7.89. The van der Waals surface area contributed by atoms with Crippen LogP contribution in [0.3, 0.4) is 0 Å². The number of nitrogens with one attached hydrogen (secondary N) is 1. The van der Waals surface area contributed by atoms with Crippen LogP contribution in [-0.2, 0) is 10.0 Å². The molecule has 0 amide bonds. The van der Waals surface area contributed by atoms with E-state index in [9.17, 15) is 8.42 Å². The van der Waals surface area contributed by atoms with E-state index in [0.29, 0.717) is 23.3 Å². The third kappa shape index (κ3) is 4.70. The zero-order valence-electron chi connectivity index (χ0n) is 11.9. The van der Waals surface area contributed by atoms with E-state index in [1.807, 2.05) is 18.2 Å². The van der Waals surface area contributed by atoms with Crippen LogP contribution in [0.4, 0.5) is 0 Å². The highest BCUT2D eigenvalue weighted by atomic mass is 35.5. The van der Waals surface area contributed by atoms with Crippen LogP contribution in [0.1, 0.15) is 37.8 Å². The quantitative estimate of drug-likeness (QED) is 0.782. The molecule has 0 radical (unpaired) electrons. The lowest BCUT2D eigenvalue weighted by Crippen LogP contribution is -2.32. The van der Waals surface area contributed by atoms with Gasteiger partial charge in [-0.25, -0.2) is 13.1 Å². The summed E-state index contributed by atoms with van der Waals surface area (Å²) < 4.78 is 27.1. The van der Waals surface area contributed by atoms with Crippen molar-refractivity contribution < 1.29 is 8.42 Å². The van der Waals surface area contributed by atoms with Crippen molar-refractivity contribution in [3.63, 3.8) is 0 Å². The zero-order chi connectivity index (χ0) is 15.5. The van der Waals surface area contributed by atoms with Crippen LogP contribution >= 0.6 is 11.6 Å². The summed E-state index contributed by atoms with van der Waals surface area (Å²) in [6, 6.07) is 9.06. The number of nitrogens with zero attached hydrogens (tertiary/aromatic N) is 1. The summed E-state index contributed by atoms with van der Waals surface area (Å²) in [7, 11) is -3.37. The fraction of sp³-hybridized carbons (Fsp3) is 0.533. The van der Waals surface area contributed by atoms with Gasteiger partial charge < -0.3 is 0 Å². The van der Waals surface area contributed by atoms with Crippen LogP contribution in [0, 0.1) is 23.2 Å². The van der Waals surface area contributed by atoms with E-state index >= 15 is 0 Å². The molecule has 1 N–H and O–H groups in total. The molecule has 0 aromatic heterocycles. The number of benzene rings is 1.